The van der Waals surface area contributed by atoms with Crippen molar-refractivity contribution in [3.8, 4) is 11.4 Å². The molecule has 39 heavy (non-hydrogen) atoms. The lowest BCUT2D eigenvalue weighted by Gasteiger charge is -2.09. The molecule has 3 heterocycles. The summed E-state index contributed by atoms with van der Waals surface area (Å²) in [6.07, 6.45) is 0. The van der Waals surface area contributed by atoms with Gasteiger partial charge in [0.05, 0.1) is 42.8 Å². The first-order valence-electron chi connectivity index (χ1n) is 13.3. The van der Waals surface area contributed by atoms with Crippen LogP contribution in [0.3, 0.4) is 0 Å². The molecule has 0 radical (unpaired) electrons. The van der Waals surface area contributed by atoms with Crippen LogP contribution in [0.4, 0.5) is 0 Å². The highest BCUT2D eigenvalue weighted by Crippen LogP contribution is 2.44. The molecular weight excluding hydrogens is 492 g/mol. The molecule has 0 spiro atoms. The third-order valence-corrected chi connectivity index (χ3v) is 9.39. The highest BCUT2D eigenvalue weighted by Gasteiger charge is 2.19. The van der Waals surface area contributed by atoms with E-state index in [1.54, 1.807) is 0 Å². The SMILES string of the molecule is c1cc(-n2c3ccccc3c3ccccc32)c2sc3c(-n4c5ccccc5c5ccccc54)cccc3c2c1. The summed E-state index contributed by atoms with van der Waals surface area (Å²) in [6, 6.07) is 48.5. The monoisotopic (exact) mass is 514 g/mol. The quantitative estimate of drug-likeness (QED) is 0.217. The lowest BCUT2D eigenvalue weighted by Crippen LogP contribution is -1.93. The number of fused-ring (bicyclic) bond motifs is 9. The first kappa shape index (κ1) is 21.1. The number of hydrogen-bond donors (Lipinski definition) is 0. The van der Waals surface area contributed by atoms with Crippen molar-refractivity contribution < 1.29 is 0 Å². The van der Waals surface area contributed by atoms with Crippen LogP contribution in [0.1, 0.15) is 0 Å². The first-order chi connectivity index (χ1) is 19.4. The Labute approximate surface area is 228 Å². The molecule has 3 heteroatoms. The van der Waals surface area contributed by atoms with Crippen LogP contribution < -0.4 is 0 Å². The Bertz CT molecular complexity index is 2120. The van der Waals surface area contributed by atoms with Crippen LogP contribution in [0.2, 0.25) is 0 Å². The first-order valence-corrected chi connectivity index (χ1v) is 14.1. The van der Waals surface area contributed by atoms with Gasteiger partial charge in [-0.3, -0.25) is 0 Å². The van der Waals surface area contributed by atoms with E-state index in [9.17, 15) is 0 Å². The number of thiophene rings is 1. The summed E-state index contributed by atoms with van der Waals surface area (Å²) in [5, 5.41) is 7.76. The van der Waals surface area contributed by atoms with Gasteiger partial charge in [0.25, 0.3) is 0 Å². The van der Waals surface area contributed by atoms with E-state index in [0.717, 1.165) is 0 Å². The van der Waals surface area contributed by atoms with E-state index < -0.39 is 0 Å². The van der Waals surface area contributed by atoms with Gasteiger partial charge in [-0.25, -0.2) is 0 Å². The standard InChI is InChI=1S/C36H22N2S/c1-5-17-29-23(11-1)24-12-2-6-18-30(24)37(29)33-21-9-15-27-28-16-10-22-34(36(28)39-35(27)33)38-31-19-7-3-13-25(31)26-14-4-8-20-32(26)38/h1-22H. The molecule has 9 rings (SSSR count). The number of rotatable bonds is 2. The Morgan fingerprint density at radius 2 is 0.615 bits per heavy atom. The fourth-order valence-corrected chi connectivity index (χ4v) is 7.81. The van der Waals surface area contributed by atoms with Gasteiger partial charge in [0.1, 0.15) is 0 Å². The summed E-state index contributed by atoms with van der Waals surface area (Å²) in [5.41, 5.74) is 7.44. The molecule has 2 nitrogen and oxygen atoms in total. The Morgan fingerprint density at radius 3 is 0.974 bits per heavy atom. The highest BCUT2D eigenvalue weighted by molar-refractivity contribution is 7.26. The molecule has 0 aliphatic heterocycles. The summed E-state index contributed by atoms with van der Waals surface area (Å²) in [4.78, 5) is 0. The van der Waals surface area contributed by atoms with Crippen molar-refractivity contribution in [2.24, 2.45) is 0 Å². The lowest BCUT2D eigenvalue weighted by atomic mass is 10.1. The third kappa shape index (κ3) is 2.80. The van der Waals surface area contributed by atoms with Crippen molar-refractivity contribution in [1.82, 2.24) is 9.13 Å². The molecule has 0 aliphatic carbocycles. The third-order valence-electron chi connectivity index (χ3n) is 8.12. The number of para-hydroxylation sites is 4. The number of hydrogen-bond acceptors (Lipinski definition) is 1. The molecule has 3 aromatic heterocycles. The summed E-state index contributed by atoms with van der Waals surface area (Å²) >= 11 is 1.90. The van der Waals surface area contributed by atoms with Crippen LogP contribution in [0.5, 0.6) is 0 Å². The van der Waals surface area contributed by atoms with E-state index in [1.807, 2.05) is 11.3 Å². The molecule has 0 bridgehead atoms. The molecule has 6 aromatic carbocycles. The lowest BCUT2D eigenvalue weighted by molar-refractivity contribution is 1.20. The highest BCUT2D eigenvalue weighted by atomic mass is 32.1. The van der Waals surface area contributed by atoms with Crippen LogP contribution in [-0.4, -0.2) is 9.13 Å². The van der Waals surface area contributed by atoms with Gasteiger partial charge in [-0.05, 0) is 36.4 Å². The van der Waals surface area contributed by atoms with Gasteiger partial charge < -0.3 is 9.13 Å². The smallest absolute Gasteiger partial charge is 0.0640 e. The molecule has 0 amide bonds. The summed E-state index contributed by atoms with van der Waals surface area (Å²) < 4.78 is 7.52. The molecule has 0 unspecified atom stereocenters. The maximum atomic E-state index is 2.45. The number of aromatic nitrogens is 2. The molecule has 182 valence electrons. The van der Waals surface area contributed by atoms with Gasteiger partial charge in [0, 0.05) is 32.3 Å². The fourth-order valence-electron chi connectivity index (χ4n) is 6.51. The predicted molar refractivity (Wildman–Crippen MR) is 168 cm³/mol. The maximum absolute atomic E-state index is 2.45. The second kappa shape index (κ2) is 7.83. The summed E-state index contributed by atoms with van der Waals surface area (Å²) in [6.45, 7) is 0. The largest absolute Gasteiger partial charge is 0.308 e. The maximum Gasteiger partial charge on any atom is 0.0640 e. The van der Waals surface area contributed by atoms with Crippen molar-refractivity contribution in [3.63, 3.8) is 0 Å². The average molecular weight is 515 g/mol. The fraction of sp³-hybridized carbons (Fsp3) is 0. The van der Waals surface area contributed by atoms with Crippen molar-refractivity contribution in [1.29, 1.82) is 0 Å². The van der Waals surface area contributed by atoms with Crippen LogP contribution in [0.15, 0.2) is 133 Å². The molecular formula is C36H22N2S. The molecule has 9 aromatic rings. The Balaban J connectivity index is 1.41. The van der Waals surface area contributed by atoms with Crippen molar-refractivity contribution >= 4 is 75.1 Å². The Hall–Kier alpha value is -4.86. The van der Waals surface area contributed by atoms with Crippen molar-refractivity contribution in [3.05, 3.63) is 133 Å². The van der Waals surface area contributed by atoms with Gasteiger partial charge >= 0.3 is 0 Å². The van der Waals surface area contributed by atoms with Crippen LogP contribution in [-0.2, 0) is 0 Å². The summed E-state index contributed by atoms with van der Waals surface area (Å²) in [5.74, 6) is 0. The van der Waals surface area contributed by atoms with E-state index in [-0.39, 0.29) is 0 Å². The second-order valence-electron chi connectivity index (χ2n) is 10.1. The second-order valence-corrected chi connectivity index (χ2v) is 11.2. The van der Waals surface area contributed by atoms with Crippen LogP contribution in [0.25, 0.3) is 75.2 Å². The zero-order valence-corrected chi connectivity index (χ0v) is 21.8. The van der Waals surface area contributed by atoms with E-state index in [0.29, 0.717) is 0 Å². The van der Waals surface area contributed by atoms with Crippen molar-refractivity contribution in [2.75, 3.05) is 0 Å². The Morgan fingerprint density at radius 1 is 0.308 bits per heavy atom. The topological polar surface area (TPSA) is 9.86 Å². The minimum Gasteiger partial charge on any atom is -0.308 e. The van der Waals surface area contributed by atoms with E-state index >= 15 is 0 Å². The average Bonchev–Trinajstić information content (AvgIpc) is 3.65. The van der Waals surface area contributed by atoms with Gasteiger partial charge in [0.15, 0.2) is 0 Å². The molecule has 0 N–H and O–H groups in total. The number of nitrogens with zero attached hydrogens (tertiary/aromatic N) is 2. The molecule has 0 aliphatic rings. The minimum atomic E-state index is 1.24. The van der Waals surface area contributed by atoms with E-state index in [1.165, 1.54) is 75.2 Å². The van der Waals surface area contributed by atoms with E-state index in [2.05, 4.69) is 143 Å². The predicted octanol–water partition coefficient (Wildman–Crippen LogP) is 10.2. The zero-order valence-electron chi connectivity index (χ0n) is 21.0. The van der Waals surface area contributed by atoms with Crippen LogP contribution >= 0.6 is 11.3 Å². The van der Waals surface area contributed by atoms with Crippen molar-refractivity contribution in [2.45, 2.75) is 0 Å². The van der Waals surface area contributed by atoms with Gasteiger partial charge in [0.2, 0.25) is 0 Å². The molecule has 0 saturated heterocycles. The molecule has 0 fully saturated rings. The normalized spacial score (nSPS) is 12.1. The molecule has 0 saturated carbocycles. The van der Waals surface area contributed by atoms with Gasteiger partial charge in [-0.15, -0.1) is 11.3 Å². The van der Waals surface area contributed by atoms with E-state index in [4.69, 9.17) is 0 Å². The van der Waals surface area contributed by atoms with Gasteiger partial charge in [-0.2, -0.15) is 0 Å². The Kier molecular flexibility index (Phi) is 4.24. The minimum absolute atomic E-state index is 1.24. The number of benzene rings is 6. The van der Waals surface area contributed by atoms with Crippen LogP contribution in [0, 0.1) is 0 Å². The zero-order chi connectivity index (χ0) is 25.5. The summed E-state index contributed by atoms with van der Waals surface area (Å²) in [7, 11) is 0. The molecule has 0 atom stereocenters. The van der Waals surface area contributed by atoms with Gasteiger partial charge in [-0.1, -0.05) is 97.1 Å².